The largest absolute Gasteiger partial charge is 0.279 e. The molecule has 3 unspecified atom stereocenters. The number of rotatable bonds is 3. The molecule has 0 N–H and O–H groups in total. The number of amides is 1. The van der Waals surface area contributed by atoms with Crippen LogP contribution < -0.4 is 0 Å². The molecule has 3 nitrogen and oxygen atoms in total. The van der Waals surface area contributed by atoms with Gasteiger partial charge in [0.1, 0.15) is 11.6 Å². The molecule has 0 radical (unpaired) electrons. The molecule has 1 heterocycles. The molecule has 31 heavy (non-hydrogen) atoms. The van der Waals surface area contributed by atoms with E-state index in [9.17, 15) is 13.6 Å². The Morgan fingerprint density at radius 3 is 2.26 bits per heavy atom. The second-order valence-corrected chi connectivity index (χ2v) is 10.1. The molecule has 1 aliphatic carbocycles. The molecular formula is C24H22Cl2F2N2O. The topological polar surface area (TPSA) is 32.7 Å². The number of fused-ring (bicyclic) bond motifs is 1. The molecule has 4 rings (SSSR count). The fourth-order valence-electron chi connectivity index (χ4n) is 4.41. The summed E-state index contributed by atoms with van der Waals surface area (Å²) in [6.07, 6.45) is 3.58. The smallest absolute Gasteiger partial charge is 0.269 e. The maximum absolute atomic E-state index is 13.6. The highest BCUT2D eigenvalue weighted by atomic mass is 35.5. The Kier molecular flexibility index (Phi) is 5.93. The molecule has 7 heteroatoms. The third-order valence-corrected chi connectivity index (χ3v) is 6.09. The lowest BCUT2D eigenvalue weighted by Crippen LogP contribution is -2.39. The SMILES string of the molecule is CC1CC(=Cc2ccc(F)cc2)C2=NN(C(=O)C(C)(Cl)Cl)C(c3ccc(F)cc3)C2C1. The maximum atomic E-state index is 13.6. The highest BCUT2D eigenvalue weighted by Crippen LogP contribution is 2.47. The lowest BCUT2D eigenvalue weighted by molar-refractivity contribution is -0.134. The van der Waals surface area contributed by atoms with Gasteiger partial charge in [-0.05, 0) is 72.7 Å². The number of hydrogen-bond acceptors (Lipinski definition) is 2. The second-order valence-electron chi connectivity index (χ2n) is 8.39. The number of halogens is 4. The number of nitrogens with zero attached hydrogens (tertiary/aromatic N) is 2. The van der Waals surface area contributed by atoms with E-state index in [0.29, 0.717) is 5.92 Å². The minimum atomic E-state index is -1.65. The Balaban J connectivity index is 1.80. The van der Waals surface area contributed by atoms with Gasteiger partial charge in [-0.1, -0.05) is 54.4 Å². The van der Waals surface area contributed by atoms with Gasteiger partial charge in [-0.2, -0.15) is 5.10 Å². The van der Waals surface area contributed by atoms with Gasteiger partial charge in [-0.3, -0.25) is 4.79 Å². The monoisotopic (exact) mass is 462 g/mol. The summed E-state index contributed by atoms with van der Waals surface area (Å²) in [5.41, 5.74) is 3.41. The van der Waals surface area contributed by atoms with Crippen LogP contribution in [0.25, 0.3) is 6.08 Å². The van der Waals surface area contributed by atoms with Crippen molar-refractivity contribution in [3.8, 4) is 0 Å². The van der Waals surface area contributed by atoms with Gasteiger partial charge in [0.15, 0.2) is 4.33 Å². The van der Waals surface area contributed by atoms with Crippen LogP contribution in [-0.2, 0) is 4.79 Å². The van der Waals surface area contributed by atoms with Crippen molar-refractivity contribution in [2.45, 2.75) is 37.1 Å². The molecule has 2 aliphatic rings. The van der Waals surface area contributed by atoms with Crippen LogP contribution in [0.4, 0.5) is 8.78 Å². The van der Waals surface area contributed by atoms with E-state index in [1.165, 1.54) is 36.2 Å². The first kappa shape index (κ1) is 22.0. The van der Waals surface area contributed by atoms with E-state index in [4.69, 9.17) is 23.2 Å². The normalized spacial score (nSPS) is 24.8. The van der Waals surface area contributed by atoms with Crippen LogP contribution in [0.3, 0.4) is 0 Å². The van der Waals surface area contributed by atoms with Crippen molar-refractivity contribution in [1.29, 1.82) is 0 Å². The molecular weight excluding hydrogens is 441 g/mol. The van der Waals surface area contributed by atoms with Crippen molar-refractivity contribution in [3.05, 3.63) is 76.9 Å². The molecule has 1 saturated carbocycles. The third-order valence-electron chi connectivity index (χ3n) is 5.77. The van der Waals surface area contributed by atoms with Crippen molar-refractivity contribution in [2.75, 3.05) is 0 Å². The van der Waals surface area contributed by atoms with Gasteiger partial charge in [-0.25, -0.2) is 13.8 Å². The lowest BCUT2D eigenvalue weighted by atomic mass is 9.73. The number of hydrazone groups is 1. The summed E-state index contributed by atoms with van der Waals surface area (Å²) in [6, 6.07) is 11.9. The zero-order valence-electron chi connectivity index (χ0n) is 17.2. The van der Waals surface area contributed by atoms with E-state index in [-0.39, 0.29) is 17.6 Å². The molecule has 1 aliphatic heterocycles. The van der Waals surface area contributed by atoms with E-state index in [2.05, 4.69) is 12.0 Å². The fraction of sp³-hybridized carbons (Fsp3) is 0.333. The fourth-order valence-corrected chi connectivity index (χ4v) is 4.58. The summed E-state index contributed by atoms with van der Waals surface area (Å²) in [6.45, 7) is 3.56. The maximum Gasteiger partial charge on any atom is 0.279 e. The lowest BCUT2D eigenvalue weighted by Gasteiger charge is -2.33. The molecule has 1 amide bonds. The van der Waals surface area contributed by atoms with Crippen molar-refractivity contribution in [3.63, 3.8) is 0 Å². The van der Waals surface area contributed by atoms with Crippen molar-refractivity contribution >= 4 is 40.9 Å². The first-order chi connectivity index (χ1) is 14.6. The average molecular weight is 463 g/mol. The van der Waals surface area contributed by atoms with Crippen LogP contribution in [0.15, 0.2) is 59.2 Å². The summed E-state index contributed by atoms with van der Waals surface area (Å²) >= 11 is 12.3. The minimum absolute atomic E-state index is 0.0828. The number of hydrogen-bond donors (Lipinski definition) is 0. The number of carbonyl (C=O) groups is 1. The zero-order valence-corrected chi connectivity index (χ0v) is 18.7. The number of carbonyl (C=O) groups excluding carboxylic acids is 1. The Hall–Kier alpha value is -2.24. The average Bonchev–Trinajstić information content (AvgIpc) is 3.08. The van der Waals surface area contributed by atoms with Gasteiger partial charge < -0.3 is 0 Å². The van der Waals surface area contributed by atoms with Gasteiger partial charge in [-0.15, -0.1) is 0 Å². The zero-order chi connectivity index (χ0) is 22.3. The van der Waals surface area contributed by atoms with Crippen LogP contribution in [0.1, 0.15) is 43.9 Å². The van der Waals surface area contributed by atoms with Crippen LogP contribution in [0, 0.1) is 23.5 Å². The van der Waals surface area contributed by atoms with Gasteiger partial charge in [0, 0.05) is 5.92 Å². The molecule has 0 saturated heterocycles. The standard InChI is InChI=1S/C24H22Cl2F2N2O/c1-14-11-17(13-15-3-7-18(27)8-4-15)21-20(12-14)22(16-5-9-19(28)10-6-16)30(29-21)23(31)24(2,25)26/h3-10,13-14,20,22H,11-12H2,1-2H3. The molecule has 162 valence electrons. The van der Waals surface area contributed by atoms with Crippen LogP contribution >= 0.6 is 23.2 Å². The van der Waals surface area contributed by atoms with Gasteiger partial charge >= 0.3 is 0 Å². The van der Waals surface area contributed by atoms with Crippen LogP contribution in [0.2, 0.25) is 0 Å². The Morgan fingerprint density at radius 2 is 1.68 bits per heavy atom. The Morgan fingerprint density at radius 1 is 1.10 bits per heavy atom. The van der Waals surface area contributed by atoms with E-state index in [1.807, 2.05) is 6.08 Å². The summed E-state index contributed by atoms with van der Waals surface area (Å²) in [5, 5.41) is 6.03. The quantitative estimate of drug-likeness (QED) is 0.477. The highest BCUT2D eigenvalue weighted by molar-refractivity contribution is 6.57. The first-order valence-electron chi connectivity index (χ1n) is 10.2. The van der Waals surface area contributed by atoms with Gasteiger partial charge in [0.2, 0.25) is 0 Å². The first-order valence-corrected chi connectivity index (χ1v) is 10.9. The Labute approximate surface area is 190 Å². The molecule has 2 aromatic carbocycles. The van der Waals surface area contributed by atoms with Crippen molar-refractivity contribution in [1.82, 2.24) is 5.01 Å². The highest BCUT2D eigenvalue weighted by Gasteiger charge is 2.48. The van der Waals surface area contributed by atoms with Crippen molar-refractivity contribution < 1.29 is 13.6 Å². The summed E-state index contributed by atoms with van der Waals surface area (Å²) in [5.74, 6) is -0.922. The minimum Gasteiger partial charge on any atom is -0.269 e. The number of benzene rings is 2. The number of alkyl halides is 2. The Bertz CT molecular complexity index is 1040. The molecule has 3 atom stereocenters. The molecule has 2 aromatic rings. The summed E-state index contributed by atoms with van der Waals surface area (Å²) in [7, 11) is 0. The number of allylic oxidation sites excluding steroid dienone is 1. The molecule has 1 fully saturated rings. The van der Waals surface area contributed by atoms with E-state index < -0.39 is 16.3 Å². The van der Waals surface area contributed by atoms with Crippen LogP contribution in [-0.4, -0.2) is 21.0 Å². The molecule has 0 spiro atoms. The predicted octanol–water partition coefficient (Wildman–Crippen LogP) is 6.53. The van der Waals surface area contributed by atoms with Crippen LogP contribution in [0.5, 0.6) is 0 Å². The molecule has 0 aromatic heterocycles. The van der Waals surface area contributed by atoms with Gasteiger partial charge in [0.25, 0.3) is 5.91 Å². The van der Waals surface area contributed by atoms with E-state index >= 15 is 0 Å². The van der Waals surface area contributed by atoms with E-state index in [0.717, 1.165) is 35.3 Å². The summed E-state index contributed by atoms with van der Waals surface area (Å²) < 4.78 is 25.2. The summed E-state index contributed by atoms with van der Waals surface area (Å²) in [4.78, 5) is 13.1. The molecule has 0 bridgehead atoms. The third kappa shape index (κ3) is 4.53. The van der Waals surface area contributed by atoms with Crippen molar-refractivity contribution in [2.24, 2.45) is 16.9 Å². The van der Waals surface area contributed by atoms with E-state index in [1.54, 1.807) is 24.3 Å². The van der Waals surface area contributed by atoms with Gasteiger partial charge in [0.05, 0.1) is 11.8 Å². The second kappa shape index (κ2) is 8.36. The predicted molar refractivity (Wildman–Crippen MR) is 120 cm³/mol.